The second-order valence-corrected chi connectivity index (χ2v) is 8.40. The van der Waals surface area contributed by atoms with Gasteiger partial charge in [-0.15, -0.1) is 0 Å². The van der Waals surface area contributed by atoms with Crippen molar-refractivity contribution in [3.8, 4) is 0 Å². The largest absolute Gasteiger partial charge is 0.370 e. The molecule has 13 N–H and O–H groups in total. The highest BCUT2D eigenvalue weighted by molar-refractivity contribution is 7.70. The van der Waals surface area contributed by atoms with E-state index in [1.165, 1.54) is 6.42 Å². The summed E-state index contributed by atoms with van der Waals surface area (Å²) in [6, 6.07) is 0. The van der Waals surface area contributed by atoms with Crippen LogP contribution in [0.3, 0.4) is 0 Å². The van der Waals surface area contributed by atoms with Crippen molar-refractivity contribution < 1.29 is 33.4 Å². The van der Waals surface area contributed by atoms with E-state index in [-0.39, 0.29) is 25.1 Å². The number of aliphatic hydroxyl groups excluding tert-OH is 1. The molecule has 2 unspecified atom stereocenters. The van der Waals surface area contributed by atoms with Crippen LogP contribution in [0.15, 0.2) is 0 Å². The van der Waals surface area contributed by atoms with Gasteiger partial charge in [0.2, 0.25) is 0 Å². The second-order valence-electron chi connectivity index (χ2n) is 4.45. The molecule has 0 aliphatic carbocycles. The van der Waals surface area contributed by atoms with Gasteiger partial charge in [-0.05, 0) is 6.42 Å². The van der Waals surface area contributed by atoms with Gasteiger partial charge in [0, 0.05) is 0 Å². The van der Waals surface area contributed by atoms with E-state index in [1.807, 2.05) is 0 Å². The topological polar surface area (TPSA) is 229 Å². The zero-order chi connectivity index (χ0) is 14.9. The number of hydrogen-bond acceptors (Lipinski definition) is 7. The fraction of sp³-hybridized carbons (Fsp3) is 1.00. The second kappa shape index (κ2) is 14.7. The predicted molar refractivity (Wildman–Crippen MR) is 86.9 cm³/mol. The van der Waals surface area contributed by atoms with Crippen LogP contribution >= 0.6 is 15.2 Å². The van der Waals surface area contributed by atoms with Crippen molar-refractivity contribution in [2.24, 2.45) is 0 Å². The summed E-state index contributed by atoms with van der Waals surface area (Å²) in [5, 5.41) is 9.01. The fourth-order valence-electron chi connectivity index (χ4n) is 1.51. The van der Waals surface area contributed by atoms with Crippen molar-refractivity contribution in [3.05, 3.63) is 0 Å². The van der Waals surface area contributed by atoms with Crippen LogP contribution in [-0.2, 0) is 13.7 Å². The molecular weight excluding hydrogens is 336 g/mol. The molecule has 12 heteroatoms. The van der Waals surface area contributed by atoms with Gasteiger partial charge in [0.1, 0.15) is 0 Å². The first-order valence-electron chi connectivity index (χ1n) is 6.42. The van der Waals surface area contributed by atoms with Gasteiger partial charge in [-0.25, -0.2) is 0 Å². The lowest BCUT2D eigenvalue weighted by molar-refractivity contribution is 0.186. The first-order chi connectivity index (χ1) is 8.72. The lowest BCUT2D eigenvalue weighted by Crippen LogP contribution is -2.10. The molecule has 140 valence electrons. The van der Waals surface area contributed by atoms with Crippen LogP contribution in [0.25, 0.3) is 0 Å². The maximum Gasteiger partial charge on any atom is 0.368 e. The molecule has 0 bridgehead atoms. The normalized spacial score (nSPS) is 14.8. The first-order valence-corrected chi connectivity index (χ1v) is 9.75. The lowest BCUT2D eigenvalue weighted by atomic mass is 10.1. The maximum atomic E-state index is 11.3. The van der Waals surface area contributed by atoms with E-state index in [0.717, 1.165) is 32.1 Å². The van der Waals surface area contributed by atoms with Gasteiger partial charge in [0.15, 0.2) is 0 Å². The molecule has 2 atom stereocenters. The summed E-state index contributed by atoms with van der Waals surface area (Å²) in [6.07, 6.45) is 6.93. The monoisotopic (exact) mass is 369 g/mol. The summed E-state index contributed by atoms with van der Waals surface area (Å²) in [5.41, 5.74) is -2.66. The summed E-state index contributed by atoms with van der Waals surface area (Å²) in [6.45, 7) is 2.03. The zero-order valence-electron chi connectivity index (χ0n) is 13.3. The molecular formula is C10H33N3O7P2. The molecule has 0 saturated heterocycles. The van der Waals surface area contributed by atoms with E-state index in [0.29, 0.717) is 6.42 Å². The summed E-state index contributed by atoms with van der Waals surface area (Å²) in [7, 11) is -9.71. The quantitative estimate of drug-likeness (QED) is 0.208. The maximum absolute atomic E-state index is 11.3. The van der Waals surface area contributed by atoms with Crippen LogP contribution in [-0.4, -0.2) is 32.0 Å². The van der Waals surface area contributed by atoms with Gasteiger partial charge in [0.25, 0.3) is 5.59 Å². The van der Waals surface area contributed by atoms with E-state index < -0.39 is 20.8 Å². The van der Waals surface area contributed by atoms with Crippen LogP contribution in [0, 0.1) is 0 Å². The van der Waals surface area contributed by atoms with Gasteiger partial charge in [-0.3, -0.25) is 9.13 Å². The number of aliphatic hydroxyl groups is 1. The summed E-state index contributed by atoms with van der Waals surface area (Å²) >= 11 is 0. The van der Waals surface area contributed by atoms with E-state index >= 15 is 0 Å². The number of unbranched alkanes of at least 4 members (excludes halogenated alkanes) is 6. The van der Waals surface area contributed by atoms with Gasteiger partial charge in [-0.1, -0.05) is 45.4 Å². The minimum Gasteiger partial charge on any atom is -0.370 e. The van der Waals surface area contributed by atoms with E-state index in [9.17, 15) is 14.0 Å². The molecule has 0 fully saturated rings. The van der Waals surface area contributed by atoms with Crippen LogP contribution in [0.5, 0.6) is 0 Å². The molecule has 0 heterocycles. The molecule has 0 aliphatic rings. The Balaban J connectivity index is -0.000000540. The van der Waals surface area contributed by atoms with Crippen molar-refractivity contribution in [3.63, 3.8) is 0 Å². The first kappa shape index (κ1) is 30.1. The molecule has 0 radical (unpaired) electrons. The molecule has 0 aliphatic heterocycles. The SMILES string of the molecule is CCCCCCCCCOP(=O)(O)C(O)P(=O)(O)O.N.N.N. The Bertz CT molecular complexity index is 340. The minimum atomic E-state index is -5.03. The third kappa shape index (κ3) is 13.8. The van der Waals surface area contributed by atoms with Crippen LogP contribution < -0.4 is 18.5 Å². The Kier molecular flexibility index (Phi) is 20.1. The van der Waals surface area contributed by atoms with Crippen molar-refractivity contribution in [2.45, 2.75) is 57.5 Å². The molecule has 0 amide bonds. The summed E-state index contributed by atoms with van der Waals surface area (Å²) < 4.78 is 26.5. The van der Waals surface area contributed by atoms with Crippen LogP contribution in [0.4, 0.5) is 0 Å². The molecule has 0 aromatic heterocycles. The fourth-order valence-corrected chi connectivity index (χ4v) is 3.76. The van der Waals surface area contributed by atoms with Crippen LogP contribution in [0.1, 0.15) is 51.9 Å². The highest BCUT2D eigenvalue weighted by atomic mass is 31.2. The van der Waals surface area contributed by atoms with E-state index in [1.54, 1.807) is 0 Å². The van der Waals surface area contributed by atoms with Gasteiger partial charge >= 0.3 is 15.2 Å². The average Bonchev–Trinajstić information content (AvgIpc) is 2.30. The standard InChI is InChI=1S/C10H24O7P2.3H3N/c1-2-3-4-5-6-7-8-9-17-19(15,16)10(11)18(12,13)14;;;/h10-11H,2-9H2,1H3,(H,15,16)(H2,12,13,14);3*1H3. The van der Waals surface area contributed by atoms with Crippen molar-refractivity contribution in [1.82, 2.24) is 18.5 Å². The highest BCUT2D eigenvalue weighted by Gasteiger charge is 2.44. The summed E-state index contributed by atoms with van der Waals surface area (Å²) in [4.78, 5) is 26.4. The van der Waals surface area contributed by atoms with Crippen molar-refractivity contribution >= 4 is 15.2 Å². The summed E-state index contributed by atoms with van der Waals surface area (Å²) in [5.74, 6) is 0. The highest BCUT2D eigenvalue weighted by Crippen LogP contribution is 2.61. The van der Waals surface area contributed by atoms with Crippen molar-refractivity contribution in [1.29, 1.82) is 0 Å². The lowest BCUT2D eigenvalue weighted by Gasteiger charge is -2.18. The van der Waals surface area contributed by atoms with Crippen molar-refractivity contribution in [2.75, 3.05) is 6.61 Å². The predicted octanol–water partition coefficient (Wildman–Crippen LogP) is 2.88. The molecule has 0 aromatic carbocycles. The average molecular weight is 369 g/mol. The Morgan fingerprint density at radius 1 is 0.864 bits per heavy atom. The molecule has 0 rings (SSSR count). The third-order valence-corrected chi connectivity index (χ3v) is 6.13. The van der Waals surface area contributed by atoms with E-state index in [4.69, 9.17) is 14.9 Å². The van der Waals surface area contributed by atoms with E-state index in [2.05, 4.69) is 11.4 Å². The molecule has 0 saturated carbocycles. The Morgan fingerprint density at radius 3 is 1.68 bits per heavy atom. The minimum absolute atomic E-state index is 0. The number of hydrogen-bond donors (Lipinski definition) is 7. The molecule has 0 spiro atoms. The molecule has 10 nitrogen and oxygen atoms in total. The smallest absolute Gasteiger partial charge is 0.368 e. The Labute approximate surface area is 132 Å². The molecule has 22 heavy (non-hydrogen) atoms. The zero-order valence-corrected chi connectivity index (χ0v) is 15.1. The Morgan fingerprint density at radius 2 is 1.27 bits per heavy atom. The third-order valence-electron chi connectivity index (χ3n) is 2.62. The van der Waals surface area contributed by atoms with Gasteiger partial charge in [0.05, 0.1) is 6.61 Å². The molecule has 0 aromatic rings. The van der Waals surface area contributed by atoms with Gasteiger partial charge in [-0.2, -0.15) is 0 Å². The van der Waals surface area contributed by atoms with Gasteiger partial charge < -0.3 is 42.8 Å². The van der Waals surface area contributed by atoms with Crippen LogP contribution in [0.2, 0.25) is 0 Å². The number of rotatable bonds is 11. The Hall–Kier alpha value is 0.140.